The zero-order valence-electron chi connectivity index (χ0n) is 11.9. The van der Waals surface area contributed by atoms with Gasteiger partial charge in [-0.05, 0) is 37.1 Å². The fourth-order valence-corrected chi connectivity index (χ4v) is 3.86. The van der Waals surface area contributed by atoms with E-state index in [2.05, 4.69) is 10.6 Å². The van der Waals surface area contributed by atoms with Crippen LogP contribution < -0.4 is 10.6 Å². The fraction of sp³-hybridized carbons (Fsp3) is 0.533. The minimum absolute atomic E-state index is 0. The molecule has 2 aliphatic heterocycles. The number of benzene rings is 1. The van der Waals surface area contributed by atoms with Gasteiger partial charge in [-0.25, -0.2) is 4.39 Å². The van der Waals surface area contributed by atoms with Gasteiger partial charge in [0, 0.05) is 16.6 Å². The molecule has 0 spiro atoms. The molecule has 1 saturated heterocycles. The maximum atomic E-state index is 13.8. The molecule has 3 rings (SSSR count). The first-order valence-corrected chi connectivity index (χ1v) is 8.07. The van der Waals surface area contributed by atoms with E-state index in [-0.39, 0.29) is 36.1 Å². The first-order chi connectivity index (χ1) is 9.66. The first-order valence-electron chi connectivity index (χ1n) is 7.09. The van der Waals surface area contributed by atoms with Crippen LogP contribution in [0.3, 0.4) is 0 Å². The van der Waals surface area contributed by atoms with Crippen molar-refractivity contribution in [3.05, 3.63) is 29.6 Å². The Morgan fingerprint density at radius 1 is 1.48 bits per heavy atom. The minimum Gasteiger partial charge on any atom is -0.349 e. The molecular formula is C15H20ClFN2OS. The Kier molecular flexibility index (Phi) is 5.52. The van der Waals surface area contributed by atoms with Crippen LogP contribution in [0, 0.1) is 17.7 Å². The van der Waals surface area contributed by atoms with E-state index >= 15 is 0 Å². The van der Waals surface area contributed by atoms with E-state index in [1.165, 1.54) is 6.07 Å². The Labute approximate surface area is 134 Å². The molecule has 21 heavy (non-hydrogen) atoms. The van der Waals surface area contributed by atoms with Crippen molar-refractivity contribution in [2.75, 3.05) is 18.8 Å². The van der Waals surface area contributed by atoms with Gasteiger partial charge in [0.15, 0.2) is 0 Å². The van der Waals surface area contributed by atoms with Crippen LogP contribution in [-0.2, 0) is 4.79 Å². The molecule has 1 amide bonds. The number of thioether (sulfide) groups is 1. The number of carbonyl (C=O) groups excluding carboxylic acids is 1. The van der Waals surface area contributed by atoms with Crippen molar-refractivity contribution < 1.29 is 9.18 Å². The summed E-state index contributed by atoms with van der Waals surface area (Å²) in [5, 5.41) is 6.30. The van der Waals surface area contributed by atoms with Crippen LogP contribution >= 0.6 is 24.2 Å². The number of nitrogens with one attached hydrogen (secondary N) is 2. The summed E-state index contributed by atoms with van der Waals surface area (Å²) in [6, 6.07) is 5.08. The molecular weight excluding hydrogens is 311 g/mol. The highest BCUT2D eigenvalue weighted by atomic mass is 35.5. The molecule has 1 fully saturated rings. The lowest BCUT2D eigenvalue weighted by Crippen LogP contribution is -2.50. The molecule has 2 aliphatic rings. The van der Waals surface area contributed by atoms with E-state index < -0.39 is 0 Å². The Hall–Kier alpha value is -0.780. The normalized spacial score (nSPS) is 22.5. The Balaban J connectivity index is 0.00000161. The largest absolute Gasteiger partial charge is 0.349 e. The SMILES string of the molecule is CC(C(=O)NC1CCSc2c(F)cccc21)C1CNC1.Cl. The van der Waals surface area contributed by atoms with Crippen molar-refractivity contribution in [3.8, 4) is 0 Å². The summed E-state index contributed by atoms with van der Waals surface area (Å²) >= 11 is 1.54. The van der Waals surface area contributed by atoms with Gasteiger partial charge in [0.2, 0.25) is 5.91 Å². The van der Waals surface area contributed by atoms with E-state index in [1.54, 1.807) is 17.8 Å². The minimum atomic E-state index is -0.178. The molecule has 3 nitrogen and oxygen atoms in total. The van der Waals surface area contributed by atoms with Gasteiger partial charge in [0.05, 0.1) is 6.04 Å². The summed E-state index contributed by atoms with van der Waals surface area (Å²) in [5.41, 5.74) is 0.925. The lowest BCUT2D eigenvalue weighted by atomic mass is 9.88. The predicted octanol–water partition coefficient (Wildman–Crippen LogP) is 2.76. The highest BCUT2D eigenvalue weighted by molar-refractivity contribution is 7.99. The lowest BCUT2D eigenvalue weighted by molar-refractivity contribution is -0.127. The molecule has 2 atom stereocenters. The van der Waals surface area contributed by atoms with Crippen molar-refractivity contribution >= 4 is 30.1 Å². The second-order valence-corrected chi connectivity index (χ2v) is 6.67. The standard InChI is InChI=1S/C15H19FN2OS.ClH/c1-9(10-7-17-8-10)15(19)18-13-5-6-20-14-11(13)3-2-4-12(14)16;/h2-4,9-10,13,17H,5-8H2,1H3,(H,18,19);1H. The van der Waals surface area contributed by atoms with Gasteiger partial charge in [-0.15, -0.1) is 24.2 Å². The number of carbonyl (C=O) groups is 1. The fourth-order valence-electron chi connectivity index (χ4n) is 2.72. The van der Waals surface area contributed by atoms with E-state index in [9.17, 15) is 9.18 Å². The molecule has 0 aromatic heterocycles. The van der Waals surface area contributed by atoms with Crippen molar-refractivity contribution in [3.63, 3.8) is 0 Å². The Bertz CT molecular complexity index is 524. The zero-order chi connectivity index (χ0) is 14.1. The van der Waals surface area contributed by atoms with Gasteiger partial charge in [-0.1, -0.05) is 19.1 Å². The summed E-state index contributed by atoms with van der Waals surface area (Å²) < 4.78 is 13.8. The molecule has 0 radical (unpaired) electrons. The maximum Gasteiger partial charge on any atom is 0.223 e. The Morgan fingerprint density at radius 2 is 2.24 bits per heavy atom. The van der Waals surface area contributed by atoms with E-state index in [0.29, 0.717) is 10.8 Å². The topological polar surface area (TPSA) is 41.1 Å². The van der Waals surface area contributed by atoms with Gasteiger partial charge < -0.3 is 10.6 Å². The monoisotopic (exact) mass is 330 g/mol. The average Bonchev–Trinajstić information content (AvgIpc) is 2.38. The van der Waals surface area contributed by atoms with Crippen molar-refractivity contribution in [2.24, 2.45) is 11.8 Å². The lowest BCUT2D eigenvalue weighted by Gasteiger charge is -2.33. The van der Waals surface area contributed by atoms with Crippen molar-refractivity contribution in [1.82, 2.24) is 10.6 Å². The molecule has 6 heteroatoms. The van der Waals surface area contributed by atoms with Crippen LogP contribution in [0.5, 0.6) is 0 Å². The first kappa shape index (κ1) is 16.6. The third-order valence-corrected chi connectivity index (χ3v) is 5.44. The number of hydrogen-bond acceptors (Lipinski definition) is 3. The van der Waals surface area contributed by atoms with Crippen molar-refractivity contribution in [1.29, 1.82) is 0 Å². The van der Waals surface area contributed by atoms with Crippen LogP contribution in [-0.4, -0.2) is 24.7 Å². The van der Waals surface area contributed by atoms with Crippen LogP contribution in [0.1, 0.15) is 24.9 Å². The number of fused-ring (bicyclic) bond motifs is 1. The molecule has 1 aromatic carbocycles. The molecule has 0 bridgehead atoms. The molecule has 1 aromatic rings. The Morgan fingerprint density at radius 3 is 2.90 bits per heavy atom. The second kappa shape index (κ2) is 6.99. The van der Waals surface area contributed by atoms with Gasteiger partial charge in [-0.2, -0.15) is 0 Å². The van der Waals surface area contributed by atoms with E-state index in [4.69, 9.17) is 0 Å². The molecule has 0 aliphatic carbocycles. The number of hydrogen-bond donors (Lipinski definition) is 2. The van der Waals surface area contributed by atoms with Crippen LogP contribution in [0.2, 0.25) is 0 Å². The van der Waals surface area contributed by atoms with Gasteiger partial charge in [0.1, 0.15) is 5.82 Å². The third kappa shape index (κ3) is 3.35. The second-order valence-electron chi connectivity index (χ2n) is 5.56. The third-order valence-electron chi connectivity index (χ3n) is 4.28. The van der Waals surface area contributed by atoms with Crippen LogP contribution in [0.25, 0.3) is 0 Å². The van der Waals surface area contributed by atoms with E-state index in [1.807, 2.05) is 13.0 Å². The summed E-state index contributed by atoms with van der Waals surface area (Å²) in [5.74, 6) is 1.20. The highest BCUT2D eigenvalue weighted by Gasteiger charge is 2.31. The number of halogens is 2. The quantitative estimate of drug-likeness (QED) is 0.895. The van der Waals surface area contributed by atoms with Gasteiger partial charge in [0.25, 0.3) is 0 Å². The van der Waals surface area contributed by atoms with Crippen molar-refractivity contribution in [2.45, 2.75) is 24.3 Å². The van der Waals surface area contributed by atoms with Crippen LogP contribution in [0.4, 0.5) is 4.39 Å². The summed E-state index contributed by atoms with van der Waals surface area (Å²) in [6.07, 6.45) is 0.864. The molecule has 2 N–H and O–H groups in total. The summed E-state index contributed by atoms with van der Waals surface area (Å²) in [4.78, 5) is 13.0. The van der Waals surface area contributed by atoms with Crippen LogP contribution in [0.15, 0.2) is 23.1 Å². The average molecular weight is 331 g/mol. The number of amides is 1. The smallest absolute Gasteiger partial charge is 0.223 e. The number of rotatable bonds is 3. The van der Waals surface area contributed by atoms with Gasteiger partial charge >= 0.3 is 0 Å². The predicted molar refractivity (Wildman–Crippen MR) is 85.4 cm³/mol. The summed E-state index contributed by atoms with van der Waals surface area (Å²) in [6.45, 7) is 3.81. The molecule has 116 valence electrons. The van der Waals surface area contributed by atoms with Gasteiger partial charge in [-0.3, -0.25) is 4.79 Å². The highest BCUT2D eigenvalue weighted by Crippen LogP contribution is 2.37. The maximum absolute atomic E-state index is 13.8. The molecule has 0 saturated carbocycles. The van der Waals surface area contributed by atoms with E-state index in [0.717, 1.165) is 30.8 Å². The summed E-state index contributed by atoms with van der Waals surface area (Å²) in [7, 11) is 0. The molecule has 2 heterocycles. The zero-order valence-corrected chi connectivity index (χ0v) is 13.5. The molecule has 2 unspecified atom stereocenters.